The fourth-order valence-corrected chi connectivity index (χ4v) is 3.13. The first-order chi connectivity index (χ1) is 9.24. The van der Waals surface area contributed by atoms with E-state index in [1.165, 1.54) is 16.3 Å². The molecule has 2 aromatic carbocycles. The summed E-state index contributed by atoms with van der Waals surface area (Å²) >= 11 is 0. The van der Waals surface area contributed by atoms with Crippen molar-refractivity contribution in [3.05, 3.63) is 48.0 Å². The van der Waals surface area contributed by atoms with Crippen molar-refractivity contribution in [1.82, 2.24) is 5.43 Å². The SMILES string of the molecule is CC1(C(NN)c2cccc3ccccc23)CCCO1. The van der Waals surface area contributed by atoms with Gasteiger partial charge in [-0.05, 0) is 36.1 Å². The lowest BCUT2D eigenvalue weighted by atomic mass is 9.86. The summed E-state index contributed by atoms with van der Waals surface area (Å²) in [5.41, 5.74) is 3.96. The van der Waals surface area contributed by atoms with Gasteiger partial charge in [-0.1, -0.05) is 42.5 Å². The molecule has 100 valence electrons. The minimum Gasteiger partial charge on any atom is -0.373 e. The molecule has 19 heavy (non-hydrogen) atoms. The topological polar surface area (TPSA) is 47.3 Å². The zero-order valence-corrected chi connectivity index (χ0v) is 11.2. The molecule has 2 unspecified atom stereocenters. The Morgan fingerprint density at radius 2 is 2.00 bits per heavy atom. The second-order valence-electron chi connectivity index (χ2n) is 5.43. The standard InChI is InChI=1S/C16H20N2O/c1-16(10-5-11-19-16)15(18-17)14-9-4-7-12-6-2-3-8-13(12)14/h2-4,6-9,15,18H,5,10-11,17H2,1H3. The molecule has 3 heteroatoms. The van der Waals surface area contributed by atoms with Crippen LogP contribution < -0.4 is 11.3 Å². The molecule has 0 saturated carbocycles. The number of nitrogens with two attached hydrogens (primary N) is 1. The maximum absolute atomic E-state index is 5.95. The number of benzene rings is 2. The Kier molecular flexibility index (Phi) is 3.27. The molecule has 0 aliphatic carbocycles. The van der Waals surface area contributed by atoms with E-state index >= 15 is 0 Å². The fraction of sp³-hybridized carbons (Fsp3) is 0.375. The summed E-state index contributed by atoms with van der Waals surface area (Å²) in [6, 6.07) is 14.8. The molecule has 3 nitrogen and oxygen atoms in total. The van der Waals surface area contributed by atoms with E-state index < -0.39 is 0 Å². The van der Waals surface area contributed by atoms with Gasteiger partial charge in [0.15, 0.2) is 0 Å². The van der Waals surface area contributed by atoms with Gasteiger partial charge in [0, 0.05) is 6.61 Å². The summed E-state index contributed by atoms with van der Waals surface area (Å²) in [5, 5.41) is 2.48. The van der Waals surface area contributed by atoms with Crippen molar-refractivity contribution in [1.29, 1.82) is 0 Å². The molecular formula is C16H20N2O. The van der Waals surface area contributed by atoms with Crippen LogP contribution in [-0.4, -0.2) is 12.2 Å². The molecule has 3 rings (SSSR count). The molecule has 0 radical (unpaired) electrons. The fourth-order valence-electron chi connectivity index (χ4n) is 3.13. The Balaban J connectivity index is 2.11. The van der Waals surface area contributed by atoms with Crippen molar-refractivity contribution < 1.29 is 4.74 Å². The van der Waals surface area contributed by atoms with Crippen LogP contribution in [-0.2, 0) is 4.74 Å². The van der Waals surface area contributed by atoms with E-state index in [1.54, 1.807) is 0 Å². The first kappa shape index (κ1) is 12.6. The lowest BCUT2D eigenvalue weighted by Gasteiger charge is -2.33. The van der Waals surface area contributed by atoms with Crippen molar-refractivity contribution in [3.8, 4) is 0 Å². The number of fused-ring (bicyclic) bond motifs is 1. The first-order valence-corrected chi connectivity index (χ1v) is 6.82. The molecule has 1 fully saturated rings. The van der Waals surface area contributed by atoms with Gasteiger partial charge in [0.1, 0.15) is 0 Å². The lowest BCUT2D eigenvalue weighted by Crippen LogP contribution is -2.44. The van der Waals surface area contributed by atoms with Gasteiger partial charge in [-0.2, -0.15) is 0 Å². The van der Waals surface area contributed by atoms with Crippen LogP contribution in [0.2, 0.25) is 0 Å². The molecular weight excluding hydrogens is 236 g/mol. The van der Waals surface area contributed by atoms with Crippen LogP contribution in [0.5, 0.6) is 0 Å². The van der Waals surface area contributed by atoms with E-state index in [9.17, 15) is 0 Å². The Labute approximate surface area is 113 Å². The molecule has 0 bridgehead atoms. The number of nitrogens with one attached hydrogen (secondary N) is 1. The average Bonchev–Trinajstić information content (AvgIpc) is 2.87. The summed E-state index contributed by atoms with van der Waals surface area (Å²) in [7, 11) is 0. The second kappa shape index (κ2) is 4.93. The third-order valence-corrected chi connectivity index (χ3v) is 4.16. The zero-order chi connectivity index (χ0) is 13.3. The predicted octanol–water partition coefficient (Wildman–Crippen LogP) is 2.91. The third kappa shape index (κ3) is 2.14. The van der Waals surface area contributed by atoms with E-state index in [1.807, 2.05) is 0 Å². The summed E-state index contributed by atoms with van der Waals surface area (Å²) in [6.45, 7) is 2.96. The van der Waals surface area contributed by atoms with Crippen LogP contribution in [0, 0.1) is 0 Å². The van der Waals surface area contributed by atoms with Gasteiger partial charge in [0.05, 0.1) is 11.6 Å². The molecule has 0 spiro atoms. The minimum absolute atomic E-state index is 0.0149. The Morgan fingerprint density at radius 1 is 1.21 bits per heavy atom. The predicted molar refractivity (Wildman–Crippen MR) is 77.6 cm³/mol. The average molecular weight is 256 g/mol. The Morgan fingerprint density at radius 3 is 2.74 bits per heavy atom. The van der Waals surface area contributed by atoms with Crippen LogP contribution in [0.1, 0.15) is 31.4 Å². The van der Waals surface area contributed by atoms with Gasteiger partial charge < -0.3 is 4.74 Å². The zero-order valence-electron chi connectivity index (χ0n) is 11.2. The summed E-state index contributed by atoms with van der Waals surface area (Å²) in [5.74, 6) is 5.83. The lowest BCUT2D eigenvalue weighted by molar-refractivity contribution is -0.0121. The van der Waals surface area contributed by atoms with E-state index in [0.717, 1.165) is 19.4 Å². The van der Waals surface area contributed by atoms with Crippen LogP contribution >= 0.6 is 0 Å². The molecule has 2 atom stereocenters. The van der Waals surface area contributed by atoms with Gasteiger partial charge in [-0.25, -0.2) is 0 Å². The number of hydrogen-bond acceptors (Lipinski definition) is 3. The molecule has 3 N–H and O–H groups in total. The van der Waals surface area contributed by atoms with E-state index in [2.05, 4.69) is 54.8 Å². The van der Waals surface area contributed by atoms with Crippen molar-refractivity contribution in [3.63, 3.8) is 0 Å². The van der Waals surface area contributed by atoms with Crippen molar-refractivity contribution >= 4 is 10.8 Å². The molecule has 2 aromatic rings. The van der Waals surface area contributed by atoms with Crippen molar-refractivity contribution in [2.75, 3.05) is 6.61 Å². The van der Waals surface area contributed by atoms with Gasteiger partial charge in [0.2, 0.25) is 0 Å². The minimum atomic E-state index is -0.223. The van der Waals surface area contributed by atoms with Crippen LogP contribution in [0.25, 0.3) is 10.8 Å². The second-order valence-corrected chi connectivity index (χ2v) is 5.43. The molecule has 0 amide bonds. The number of hydrogen-bond donors (Lipinski definition) is 2. The largest absolute Gasteiger partial charge is 0.373 e. The van der Waals surface area contributed by atoms with Crippen LogP contribution in [0.15, 0.2) is 42.5 Å². The van der Waals surface area contributed by atoms with E-state index in [0.29, 0.717) is 0 Å². The van der Waals surface area contributed by atoms with Gasteiger partial charge in [-0.15, -0.1) is 0 Å². The molecule has 1 aliphatic heterocycles. The molecule has 1 heterocycles. The maximum Gasteiger partial charge on any atom is 0.0862 e. The monoisotopic (exact) mass is 256 g/mol. The highest BCUT2D eigenvalue weighted by molar-refractivity contribution is 5.86. The summed E-state index contributed by atoms with van der Waals surface area (Å²) < 4.78 is 5.95. The normalized spacial score (nSPS) is 24.7. The molecule has 0 aromatic heterocycles. The van der Waals surface area contributed by atoms with Crippen molar-refractivity contribution in [2.45, 2.75) is 31.4 Å². The highest BCUT2D eigenvalue weighted by Crippen LogP contribution is 2.39. The van der Waals surface area contributed by atoms with E-state index in [4.69, 9.17) is 10.6 Å². The van der Waals surface area contributed by atoms with Gasteiger partial charge in [-0.3, -0.25) is 11.3 Å². The molecule has 1 aliphatic rings. The quantitative estimate of drug-likeness (QED) is 0.655. The maximum atomic E-state index is 5.95. The van der Waals surface area contributed by atoms with Crippen LogP contribution in [0.3, 0.4) is 0 Å². The number of rotatable bonds is 3. The Bertz CT molecular complexity index is 570. The number of ether oxygens (including phenoxy) is 1. The molecule has 1 saturated heterocycles. The first-order valence-electron chi connectivity index (χ1n) is 6.82. The van der Waals surface area contributed by atoms with Crippen LogP contribution in [0.4, 0.5) is 0 Å². The van der Waals surface area contributed by atoms with Gasteiger partial charge >= 0.3 is 0 Å². The number of hydrazine groups is 1. The summed E-state index contributed by atoms with van der Waals surface area (Å²) in [6.07, 6.45) is 2.13. The smallest absolute Gasteiger partial charge is 0.0862 e. The van der Waals surface area contributed by atoms with Crippen molar-refractivity contribution in [2.24, 2.45) is 5.84 Å². The van der Waals surface area contributed by atoms with Gasteiger partial charge in [0.25, 0.3) is 0 Å². The highest BCUT2D eigenvalue weighted by atomic mass is 16.5. The van der Waals surface area contributed by atoms with E-state index in [-0.39, 0.29) is 11.6 Å². The third-order valence-electron chi connectivity index (χ3n) is 4.16. The highest BCUT2D eigenvalue weighted by Gasteiger charge is 2.39. The summed E-state index contributed by atoms with van der Waals surface area (Å²) in [4.78, 5) is 0. The Hall–Kier alpha value is -1.42.